The lowest BCUT2D eigenvalue weighted by atomic mass is 9.96. The average molecular weight is 192 g/mol. The maximum atomic E-state index is 5.55. The summed E-state index contributed by atoms with van der Waals surface area (Å²) in [6.07, 6.45) is 1.04. The van der Waals surface area contributed by atoms with Crippen molar-refractivity contribution in [3.63, 3.8) is 0 Å². The monoisotopic (exact) mass is 192 g/mol. The number of fused-ring (bicyclic) bond motifs is 1. The van der Waals surface area contributed by atoms with Crippen LogP contribution in [0.15, 0.2) is 6.07 Å². The van der Waals surface area contributed by atoms with E-state index in [4.69, 9.17) is 9.47 Å². The molecule has 0 spiro atoms. The molecule has 0 aliphatic carbocycles. The molecule has 2 nitrogen and oxygen atoms in total. The minimum absolute atomic E-state index is 0.699. The lowest BCUT2D eigenvalue weighted by molar-refractivity contribution is 0.184. The third-order valence-electron chi connectivity index (χ3n) is 2.92. The second-order valence-electron chi connectivity index (χ2n) is 3.81. The van der Waals surface area contributed by atoms with Crippen LogP contribution in [0.2, 0.25) is 0 Å². The van der Waals surface area contributed by atoms with Crippen molar-refractivity contribution in [2.45, 2.75) is 26.9 Å². The third-order valence-corrected chi connectivity index (χ3v) is 2.92. The summed E-state index contributed by atoms with van der Waals surface area (Å²) in [5.41, 5.74) is 5.30. The molecule has 1 aromatic carbocycles. The number of ether oxygens (including phenoxy) is 2. The van der Waals surface area contributed by atoms with Crippen LogP contribution < -0.4 is 4.74 Å². The van der Waals surface area contributed by atoms with Crippen LogP contribution in [-0.2, 0) is 17.8 Å². The fourth-order valence-electron chi connectivity index (χ4n) is 2.10. The average Bonchev–Trinajstić information content (AvgIpc) is 2.60. The van der Waals surface area contributed by atoms with E-state index in [0.29, 0.717) is 6.61 Å². The second kappa shape index (κ2) is 3.62. The molecule has 0 aromatic heterocycles. The Hall–Kier alpha value is -1.02. The maximum Gasteiger partial charge on any atom is 0.123 e. The Balaban J connectivity index is 2.51. The summed E-state index contributed by atoms with van der Waals surface area (Å²) in [5.74, 6) is 1.07. The molecule has 0 atom stereocenters. The Morgan fingerprint density at radius 2 is 2.21 bits per heavy atom. The Morgan fingerprint density at radius 3 is 2.93 bits per heavy atom. The van der Waals surface area contributed by atoms with Gasteiger partial charge in [0.25, 0.3) is 0 Å². The van der Waals surface area contributed by atoms with E-state index >= 15 is 0 Å². The van der Waals surface area contributed by atoms with Crippen molar-refractivity contribution in [2.24, 2.45) is 0 Å². The van der Waals surface area contributed by atoms with Gasteiger partial charge in [0.2, 0.25) is 0 Å². The molecule has 0 N–H and O–H groups in total. The first-order valence-corrected chi connectivity index (χ1v) is 4.97. The molecular weight excluding hydrogens is 176 g/mol. The summed E-state index contributed by atoms with van der Waals surface area (Å²) in [4.78, 5) is 0. The first kappa shape index (κ1) is 9.53. The van der Waals surface area contributed by atoms with Gasteiger partial charge < -0.3 is 9.47 Å². The molecule has 1 heterocycles. The summed E-state index contributed by atoms with van der Waals surface area (Å²) >= 11 is 0. The van der Waals surface area contributed by atoms with Gasteiger partial charge in [-0.15, -0.1) is 0 Å². The van der Waals surface area contributed by atoms with Crippen LogP contribution in [0.3, 0.4) is 0 Å². The summed E-state index contributed by atoms with van der Waals surface area (Å²) in [7, 11) is 1.74. The van der Waals surface area contributed by atoms with E-state index in [1.807, 2.05) is 0 Å². The van der Waals surface area contributed by atoms with Gasteiger partial charge in [-0.1, -0.05) is 0 Å². The Labute approximate surface area is 84.8 Å². The van der Waals surface area contributed by atoms with Crippen molar-refractivity contribution in [3.8, 4) is 5.75 Å². The van der Waals surface area contributed by atoms with Crippen LogP contribution >= 0.6 is 0 Å². The van der Waals surface area contributed by atoms with Gasteiger partial charge in [-0.3, -0.25) is 0 Å². The lowest BCUT2D eigenvalue weighted by Gasteiger charge is -2.12. The molecule has 0 saturated heterocycles. The molecule has 0 fully saturated rings. The number of methoxy groups -OCH3 is 1. The normalized spacial score (nSPS) is 13.9. The number of rotatable bonds is 2. The zero-order valence-electron chi connectivity index (χ0n) is 9.02. The SMILES string of the molecule is COCc1c(C)cc2c(c1C)CCO2. The van der Waals surface area contributed by atoms with Crippen molar-refractivity contribution in [1.29, 1.82) is 0 Å². The molecule has 2 heteroatoms. The largest absolute Gasteiger partial charge is 0.493 e. The topological polar surface area (TPSA) is 18.5 Å². The fraction of sp³-hybridized carbons (Fsp3) is 0.500. The summed E-state index contributed by atoms with van der Waals surface area (Å²) in [6.45, 7) is 5.80. The molecule has 2 rings (SSSR count). The smallest absolute Gasteiger partial charge is 0.123 e. The predicted molar refractivity (Wildman–Crippen MR) is 55.8 cm³/mol. The number of hydrogen-bond donors (Lipinski definition) is 0. The van der Waals surface area contributed by atoms with Crippen molar-refractivity contribution in [2.75, 3.05) is 13.7 Å². The van der Waals surface area contributed by atoms with E-state index in [1.165, 1.54) is 22.3 Å². The van der Waals surface area contributed by atoms with Gasteiger partial charge in [0.1, 0.15) is 5.75 Å². The van der Waals surface area contributed by atoms with Crippen LogP contribution in [0.5, 0.6) is 5.75 Å². The molecule has 76 valence electrons. The van der Waals surface area contributed by atoms with Gasteiger partial charge in [-0.05, 0) is 36.6 Å². The summed E-state index contributed by atoms with van der Waals surface area (Å²) in [6, 6.07) is 2.13. The Bertz CT molecular complexity index is 356. The summed E-state index contributed by atoms with van der Waals surface area (Å²) < 4.78 is 10.8. The van der Waals surface area contributed by atoms with E-state index in [0.717, 1.165) is 18.8 Å². The Morgan fingerprint density at radius 1 is 1.43 bits per heavy atom. The fourth-order valence-corrected chi connectivity index (χ4v) is 2.10. The van der Waals surface area contributed by atoms with Crippen molar-refractivity contribution in [3.05, 3.63) is 28.3 Å². The highest BCUT2D eigenvalue weighted by Gasteiger charge is 2.18. The zero-order valence-corrected chi connectivity index (χ0v) is 9.02. The highest BCUT2D eigenvalue weighted by molar-refractivity contribution is 5.50. The van der Waals surface area contributed by atoms with Crippen LogP contribution in [0.4, 0.5) is 0 Å². The third kappa shape index (κ3) is 1.40. The van der Waals surface area contributed by atoms with Crippen molar-refractivity contribution >= 4 is 0 Å². The molecule has 0 amide bonds. The number of hydrogen-bond acceptors (Lipinski definition) is 2. The molecule has 1 aliphatic heterocycles. The molecule has 1 aromatic rings. The first-order valence-electron chi connectivity index (χ1n) is 4.97. The van der Waals surface area contributed by atoms with E-state index in [9.17, 15) is 0 Å². The minimum atomic E-state index is 0.699. The molecule has 0 saturated carbocycles. The molecule has 1 aliphatic rings. The van der Waals surface area contributed by atoms with E-state index in [1.54, 1.807) is 7.11 Å². The van der Waals surface area contributed by atoms with Gasteiger partial charge in [-0.2, -0.15) is 0 Å². The maximum absolute atomic E-state index is 5.55. The minimum Gasteiger partial charge on any atom is -0.493 e. The predicted octanol–water partition coefficient (Wildman–Crippen LogP) is 2.38. The molecule has 0 radical (unpaired) electrons. The lowest BCUT2D eigenvalue weighted by Crippen LogP contribution is -1.98. The van der Waals surface area contributed by atoms with Crippen LogP contribution in [0.1, 0.15) is 22.3 Å². The molecule has 0 bridgehead atoms. The Kier molecular flexibility index (Phi) is 2.46. The van der Waals surface area contributed by atoms with Gasteiger partial charge in [0, 0.05) is 19.1 Å². The highest BCUT2D eigenvalue weighted by Crippen LogP contribution is 2.32. The van der Waals surface area contributed by atoms with E-state index in [2.05, 4.69) is 19.9 Å². The zero-order chi connectivity index (χ0) is 10.1. The quantitative estimate of drug-likeness (QED) is 0.716. The number of benzene rings is 1. The first-order chi connectivity index (χ1) is 6.74. The van der Waals surface area contributed by atoms with Crippen LogP contribution in [-0.4, -0.2) is 13.7 Å². The molecule has 14 heavy (non-hydrogen) atoms. The van der Waals surface area contributed by atoms with Gasteiger partial charge in [0.15, 0.2) is 0 Å². The van der Waals surface area contributed by atoms with Crippen LogP contribution in [0, 0.1) is 13.8 Å². The van der Waals surface area contributed by atoms with E-state index < -0.39 is 0 Å². The van der Waals surface area contributed by atoms with Gasteiger partial charge in [-0.25, -0.2) is 0 Å². The van der Waals surface area contributed by atoms with Crippen molar-refractivity contribution in [1.82, 2.24) is 0 Å². The molecule has 0 unspecified atom stereocenters. The van der Waals surface area contributed by atoms with Crippen molar-refractivity contribution < 1.29 is 9.47 Å². The highest BCUT2D eigenvalue weighted by atomic mass is 16.5. The van der Waals surface area contributed by atoms with Gasteiger partial charge in [0.05, 0.1) is 13.2 Å². The standard InChI is InChI=1S/C12H16O2/c1-8-6-12-10(4-5-14-12)9(2)11(8)7-13-3/h6H,4-5,7H2,1-3H3. The number of aryl methyl sites for hydroxylation is 1. The van der Waals surface area contributed by atoms with E-state index in [-0.39, 0.29) is 0 Å². The molecular formula is C12H16O2. The second-order valence-corrected chi connectivity index (χ2v) is 3.81. The summed E-state index contributed by atoms with van der Waals surface area (Å²) in [5, 5.41) is 0. The van der Waals surface area contributed by atoms with Gasteiger partial charge >= 0.3 is 0 Å². The van der Waals surface area contributed by atoms with Crippen LogP contribution in [0.25, 0.3) is 0 Å².